The van der Waals surface area contributed by atoms with Crippen LogP contribution in [0.3, 0.4) is 0 Å². The molecule has 0 aliphatic heterocycles. The fraction of sp³-hybridized carbons (Fsp3) is 0.190. The van der Waals surface area contributed by atoms with Crippen molar-refractivity contribution in [2.45, 2.75) is 23.9 Å². The molecule has 0 saturated carbocycles. The van der Waals surface area contributed by atoms with Gasteiger partial charge in [0.15, 0.2) is 10.9 Å². The largest absolute Gasteiger partial charge is 0.392 e. The van der Waals surface area contributed by atoms with Gasteiger partial charge in [0.2, 0.25) is 0 Å². The average Bonchev–Trinajstić information content (AvgIpc) is 3.38. The summed E-state index contributed by atoms with van der Waals surface area (Å²) in [6, 6.07) is 17.8. The molecule has 0 radical (unpaired) electrons. The molecule has 0 bridgehead atoms. The Morgan fingerprint density at radius 3 is 2.64 bits per heavy atom. The van der Waals surface area contributed by atoms with E-state index < -0.39 is 0 Å². The second kappa shape index (κ2) is 8.00. The van der Waals surface area contributed by atoms with E-state index >= 15 is 0 Å². The van der Waals surface area contributed by atoms with Crippen LogP contribution in [0.2, 0.25) is 0 Å². The topological polar surface area (TPSA) is 77.0 Å². The van der Waals surface area contributed by atoms with Gasteiger partial charge in [-0.25, -0.2) is 0 Å². The summed E-state index contributed by atoms with van der Waals surface area (Å²) in [6.07, 6.45) is 1.70. The summed E-state index contributed by atoms with van der Waals surface area (Å²) in [5.41, 5.74) is 4.75. The van der Waals surface area contributed by atoms with Crippen molar-refractivity contribution in [3.8, 4) is 22.6 Å². The standard InChI is InChI=1S/C21H20N4O2S/c1-14(28-21-23-22-13-25(21)2)17-4-3-5-18(10-17)20-11-19(24-27-20)16-8-6-15(12-26)7-9-16/h3-11,13-14,26H,12H2,1-2H3. The highest BCUT2D eigenvalue weighted by Gasteiger charge is 2.14. The van der Waals surface area contributed by atoms with Crippen molar-refractivity contribution in [2.24, 2.45) is 7.05 Å². The first-order valence-corrected chi connectivity index (χ1v) is 9.80. The molecular formula is C21H20N4O2S. The van der Waals surface area contributed by atoms with Crippen LogP contribution >= 0.6 is 11.8 Å². The quantitative estimate of drug-likeness (QED) is 0.488. The molecule has 1 unspecified atom stereocenters. The molecule has 2 heterocycles. The number of hydrogen-bond donors (Lipinski definition) is 1. The molecular weight excluding hydrogens is 372 g/mol. The van der Waals surface area contributed by atoms with Gasteiger partial charge < -0.3 is 14.2 Å². The fourth-order valence-corrected chi connectivity index (χ4v) is 3.79. The van der Waals surface area contributed by atoms with Crippen LogP contribution in [0.15, 0.2) is 70.6 Å². The van der Waals surface area contributed by atoms with Crippen molar-refractivity contribution < 1.29 is 9.63 Å². The summed E-state index contributed by atoms with van der Waals surface area (Å²) < 4.78 is 7.50. The third kappa shape index (κ3) is 3.85. The van der Waals surface area contributed by atoms with E-state index in [4.69, 9.17) is 4.52 Å². The van der Waals surface area contributed by atoms with Gasteiger partial charge in [-0.3, -0.25) is 0 Å². The Morgan fingerprint density at radius 2 is 1.93 bits per heavy atom. The zero-order valence-corrected chi connectivity index (χ0v) is 16.4. The fourth-order valence-electron chi connectivity index (χ4n) is 2.88. The number of benzene rings is 2. The number of hydrogen-bond acceptors (Lipinski definition) is 6. The lowest BCUT2D eigenvalue weighted by Crippen LogP contribution is -1.94. The van der Waals surface area contributed by atoms with Crippen molar-refractivity contribution >= 4 is 11.8 Å². The van der Waals surface area contributed by atoms with Crippen LogP contribution in [0.25, 0.3) is 22.6 Å². The summed E-state index contributed by atoms with van der Waals surface area (Å²) >= 11 is 1.66. The number of aliphatic hydroxyl groups is 1. The first-order chi connectivity index (χ1) is 13.6. The Labute approximate surface area is 167 Å². The maximum Gasteiger partial charge on any atom is 0.191 e. The molecule has 0 fully saturated rings. The Hall–Kier alpha value is -2.90. The maximum absolute atomic E-state index is 9.17. The van der Waals surface area contributed by atoms with Crippen LogP contribution < -0.4 is 0 Å². The van der Waals surface area contributed by atoms with Gasteiger partial charge in [-0.1, -0.05) is 59.4 Å². The van der Waals surface area contributed by atoms with E-state index in [9.17, 15) is 5.11 Å². The number of aliphatic hydroxyl groups excluding tert-OH is 1. The summed E-state index contributed by atoms with van der Waals surface area (Å²) in [6.45, 7) is 2.18. The van der Waals surface area contributed by atoms with Crippen molar-refractivity contribution in [1.82, 2.24) is 19.9 Å². The molecule has 7 heteroatoms. The third-order valence-corrected chi connectivity index (χ3v) is 5.74. The highest BCUT2D eigenvalue weighted by molar-refractivity contribution is 7.99. The molecule has 0 aliphatic rings. The molecule has 0 aliphatic carbocycles. The first kappa shape index (κ1) is 18.5. The van der Waals surface area contributed by atoms with E-state index in [1.807, 2.05) is 54.1 Å². The number of rotatable bonds is 6. The monoisotopic (exact) mass is 392 g/mol. The second-order valence-corrected chi connectivity index (χ2v) is 7.85. The van der Waals surface area contributed by atoms with Gasteiger partial charge in [0.25, 0.3) is 0 Å². The van der Waals surface area contributed by atoms with Gasteiger partial charge in [0.1, 0.15) is 12.0 Å². The Balaban J connectivity index is 1.56. The Morgan fingerprint density at radius 1 is 1.11 bits per heavy atom. The van der Waals surface area contributed by atoms with Crippen LogP contribution in [0, 0.1) is 0 Å². The molecule has 1 atom stereocenters. The van der Waals surface area contributed by atoms with Gasteiger partial charge in [0, 0.05) is 29.5 Å². The van der Waals surface area contributed by atoms with Crippen LogP contribution in [0.4, 0.5) is 0 Å². The van der Waals surface area contributed by atoms with Gasteiger partial charge in [-0.05, 0) is 24.1 Å². The zero-order chi connectivity index (χ0) is 19.5. The van der Waals surface area contributed by atoms with Crippen LogP contribution in [-0.2, 0) is 13.7 Å². The smallest absolute Gasteiger partial charge is 0.191 e. The molecule has 4 aromatic rings. The number of aryl methyl sites for hydroxylation is 1. The minimum absolute atomic E-state index is 0.0294. The Bertz CT molecular complexity index is 1070. The van der Waals surface area contributed by atoms with Crippen LogP contribution in [0.5, 0.6) is 0 Å². The minimum atomic E-state index is 0.0294. The van der Waals surface area contributed by atoms with Crippen molar-refractivity contribution in [3.63, 3.8) is 0 Å². The second-order valence-electron chi connectivity index (χ2n) is 6.54. The predicted molar refractivity (Wildman–Crippen MR) is 109 cm³/mol. The average molecular weight is 392 g/mol. The van der Waals surface area contributed by atoms with Gasteiger partial charge >= 0.3 is 0 Å². The van der Waals surface area contributed by atoms with Crippen molar-refractivity contribution in [2.75, 3.05) is 0 Å². The van der Waals surface area contributed by atoms with Gasteiger partial charge in [-0.2, -0.15) is 0 Å². The van der Waals surface area contributed by atoms with Gasteiger partial charge in [0.05, 0.1) is 6.61 Å². The lowest BCUT2D eigenvalue weighted by Gasteiger charge is -2.11. The molecule has 1 N–H and O–H groups in total. The highest BCUT2D eigenvalue weighted by Crippen LogP contribution is 2.35. The highest BCUT2D eigenvalue weighted by atomic mass is 32.2. The minimum Gasteiger partial charge on any atom is -0.392 e. The molecule has 2 aromatic carbocycles. The lowest BCUT2D eigenvalue weighted by atomic mass is 10.1. The molecule has 28 heavy (non-hydrogen) atoms. The summed E-state index contributed by atoms with van der Waals surface area (Å²) in [5.74, 6) is 0.721. The van der Waals surface area contributed by atoms with Crippen LogP contribution in [0.1, 0.15) is 23.3 Å². The third-order valence-electron chi connectivity index (χ3n) is 4.54. The van der Waals surface area contributed by atoms with E-state index in [0.717, 1.165) is 33.3 Å². The molecule has 4 rings (SSSR count). The first-order valence-electron chi connectivity index (χ1n) is 8.92. The summed E-state index contributed by atoms with van der Waals surface area (Å²) in [4.78, 5) is 0. The van der Waals surface area contributed by atoms with Crippen molar-refractivity contribution in [1.29, 1.82) is 0 Å². The number of thioether (sulfide) groups is 1. The molecule has 2 aromatic heterocycles. The maximum atomic E-state index is 9.17. The Kier molecular flexibility index (Phi) is 5.27. The molecule has 142 valence electrons. The number of nitrogens with zero attached hydrogens (tertiary/aromatic N) is 4. The lowest BCUT2D eigenvalue weighted by molar-refractivity contribution is 0.282. The molecule has 0 saturated heterocycles. The molecule has 0 spiro atoms. The van der Waals surface area contributed by atoms with Gasteiger partial charge in [-0.15, -0.1) is 10.2 Å². The summed E-state index contributed by atoms with van der Waals surface area (Å²) in [7, 11) is 1.94. The van der Waals surface area contributed by atoms with E-state index in [1.165, 1.54) is 5.56 Å². The number of aromatic nitrogens is 4. The van der Waals surface area contributed by atoms with Crippen molar-refractivity contribution in [3.05, 3.63) is 72.1 Å². The molecule has 0 amide bonds. The molecule has 6 nitrogen and oxygen atoms in total. The van der Waals surface area contributed by atoms with Crippen LogP contribution in [-0.4, -0.2) is 25.0 Å². The van der Waals surface area contributed by atoms with E-state index in [1.54, 1.807) is 18.1 Å². The zero-order valence-electron chi connectivity index (χ0n) is 15.6. The van der Waals surface area contributed by atoms with E-state index in [0.29, 0.717) is 0 Å². The predicted octanol–water partition coefficient (Wildman–Crippen LogP) is 4.48. The van der Waals surface area contributed by atoms with E-state index in [-0.39, 0.29) is 11.9 Å². The van der Waals surface area contributed by atoms with E-state index in [2.05, 4.69) is 34.4 Å². The summed E-state index contributed by atoms with van der Waals surface area (Å²) in [5, 5.41) is 22.5. The normalized spacial score (nSPS) is 12.2. The SMILES string of the molecule is CC(Sc1nncn1C)c1cccc(-c2cc(-c3ccc(CO)cc3)no2)c1.